The maximum atomic E-state index is 5.72. The van der Waals surface area contributed by atoms with Gasteiger partial charge in [-0.2, -0.15) is 0 Å². The van der Waals surface area contributed by atoms with Crippen LogP contribution < -0.4 is 5.73 Å². The van der Waals surface area contributed by atoms with E-state index in [1.807, 2.05) is 0 Å². The van der Waals surface area contributed by atoms with E-state index in [4.69, 9.17) is 10.5 Å². The number of rotatable bonds is 6. The van der Waals surface area contributed by atoms with Gasteiger partial charge in [-0.3, -0.25) is 0 Å². The third-order valence-electron chi connectivity index (χ3n) is 3.19. The highest BCUT2D eigenvalue weighted by Crippen LogP contribution is 2.33. The maximum absolute atomic E-state index is 5.72. The Kier molecular flexibility index (Phi) is 5.40. The first-order valence-corrected chi connectivity index (χ1v) is 5.66. The van der Waals surface area contributed by atoms with Gasteiger partial charge in [0.2, 0.25) is 0 Å². The smallest absolute Gasteiger partial charge is 0.0465 e. The lowest BCUT2D eigenvalue weighted by Gasteiger charge is -2.17. The fourth-order valence-corrected chi connectivity index (χ4v) is 2.40. The molecule has 2 unspecified atom stereocenters. The van der Waals surface area contributed by atoms with E-state index >= 15 is 0 Å². The van der Waals surface area contributed by atoms with E-state index in [9.17, 15) is 0 Å². The summed E-state index contributed by atoms with van der Waals surface area (Å²) in [7, 11) is 0. The zero-order chi connectivity index (χ0) is 9.52. The van der Waals surface area contributed by atoms with Crippen molar-refractivity contribution >= 4 is 0 Å². The summed E-state index contributed by atoms with van der Waals surface area (Å²) in [5.74, 6) is 1.70. The van der Waals surface area contributed by atoms with Crippen molar-refractivity contribution in [3.63, 3.8) is 0 Å². The van der Waals surface area contributed by atoms with E-state index in [1.165, 1.54) is 32.1 Å². The third-order valence-corrected chi connectivity index (χ3v) is 3.19. The van der Waals surface area contributed by atoms with E-state index in [0.29, 0.717) is 0 Å². The van der Waals surface area contributed by atoms with E-state index in [2.05, 4.69) is 6.92 Å². The summed E-state index contributed by atoms with van der Waals surface area (Å²) in [6, 6.07) is 0. The molecule has 0 saturated heterocycles. The summed E-state index contributed by atoms with van der Waals surface area (Å²) in [5, 5.41) is 0. The quantitative estimate of drug-likeness (QED) is 0.644. The van der Waals surface area contributed by atoms with Gasteiger partial charge in [-0.25, -0.2) is 0 Å². The minimum absolute atomic E-state index is 0.807. The molecule has 0 bridgehead atoms. The fourth-order valence-electron chi connectivity index (χ4n) is 2.40. The highest BCUT2D eigenvalue weighted by molar-refractivity contribution is 4.77. The monoisotopic (exact) mass is 185 g/mol. The van der Waals surface area contributed by atoms with Crippen molar-refractivity contribution in [3.8, 4) is 0 Å². The molecular weight excluding hydrogens is 162 g/mol. The van der Waals surface area contributed by atoms with Crippen molar-refractivity contribution in [2.24, 2.45) is 17.6 Å². The molecule has 0 radical (unpaired) electrons. The second kappa shape index (κ2) is 6.39. The van der Waals surface area contributed by atoms with Crippen LogP contribution >= 0.6 is 0 Å². The number of hydrogen-bond acceptors (Lipinski definition) is 2. The van der Waals surface area contributed by atoms with Crippen LogP contribution in [0.3, 0.4) is 0 Å². The average Bonchev–Trinajstić information content (AvgIpc) is 2.60. The Bertz CT molecular complexity index is 127. The van der Waals surface area contributed by atoms with Crippen LogP contribution in [-0.4, -0.2) is 19.8 Å². The van der Waals surface area contributed by atoms with Crippen molar-refractivity contribution < 1.29 is 4.74 Å². The summed E-state index contributed by atoms with van der Waals surface area (Å²) in [5.41, 5.74) is 5.72. The van der Waals surface area contributed by atoms with Crippen molar-refractivity contribution in [3.05, 3.63) is 0 Å². The molecule has 0 heterocycles. The van der Waals surface area contributed by atoms with Gasteiger partial charge in [-0.1, -0.05) is 12.8 Å². The lowest BCUT2D eigenvalue weighted by Crippen LogP contribution is -2.18. The Balaban J connectivity index is 2.06. The first-order valence-electron chi connectivity index (χ1n) is 5.66. The van der Waals surface area contributed by atoms with Crippen LogP contribution in [0.15, 0.2) is 0 Å². The molecule has 78 valence electrons. The summed E-state index contributed by atoms with van der Waals surface area (Å²) < 4.78 is 5.33. The summed E-state index contributed by atoms with van der Waals surface area (Å²) >= 11 is 0. The molecule has 2 N–H and O–H groups in total. The van der Waals surface area contributed by atoms with Gasteiger partial charge in [0, 0.05) is 13.2 Å². The average molecular weight is 185 g/mol. The molecule has 0 spiro atoms. The van der Waals surface area contributed by atoms with Crippen LogP contribution in [0.5, 0.6) is 0 Å². The van der Waals surface area contributed by atoms with Crippen LogP contribution in [0.2, 0.25) is 0 Å². The highest BCUT2D eigenvalue weighted by Gasteiger charge is 2.24. The SMILES string of the molecule is CCOCCCC1CCCC1CN. The second-order valence-electron chi connectivity index (χ2n) is 4.03. The molecule has 1 aliphatic carbocycles. The van der Waals surface area contributed by atoms with Crippen LogP contribution in [0.1, 0.15) is 39.0 Å². The molecule has 1 rings (SSSR count). The Labute approximate surface area is 81.8 Å². The molecule has 0 aliphatic heterocycles. The molecule has 2 nitrogen and oxygen atoms in total. The van der Waals surface area contributed by atoms with Crippen molar-refractivity contribution in [2.45, 2.75) is 39.0 Å². The third kappa shape index (κ3) is 3.65. The van der Waals surface area contributed by atoms with Gasteiger partial charge < -0.3 is 10.5 Å². The van der Waals surface area contributed by atoms with Crippen molar-refractivity contribution in [1.82, 2.24) is 0 Å². The normalized spacial score (nSPS) is 28.2. The lowest BCUT2D eigenvalue weighted by molar-refractivity contribution is 0.137. The van der Waals surface area contributed by atoms with Crippen LogP contribution in [0, 0.1) is 11.8 Å². The topological polar surface area (TPSA) is 35.2 Å². The summed E-state index contributed by atoms with van der Waals surface area (Å²) in [6.45, 7) is 4.73. The fraction of sp³-hybridized carbons (Fsp3) is 1.00. The molecule has 2 atom stereocenters. The molecular formula is C11H23NO. The predicted octanol–water partition coefficient (Wildman–Crippen LogP) is 2.18. The zero-order valence-corrected chi connectivity index (χ0v) is 8.80. The summed E-state index contributed by atoms with van der Waals surface area (Å²) in [4.78, 5) is 0. The molecule has 1 aliphatic rings. The van der Waals surface area contributed by atoms with Crippen LogP contribution in [0.25, 0.3) is 0 Å². The van der Waals surface area contributed by atoms with Gasteiger partial charge >= 0.3 is 0 Å². The Morgan fingerprint density at radius 1 is 1.31 bits per heavy atom. The number of hydrogen-bond donors (Lipinski definition) is 1. The lowest BCUT2D eigenvalue weighted by atomic mass is 9.92. The highest BCUT2D eigenvalue weighted by atomic mass is 16.5. The predicted molar refractivity (Wildman–Crippen MR) is 55.6 cm³/mol. The zero-order valence-electron chi connectivity index (χ0n) is 8.80. The number of ether oxygens (including phenoxy) is 1. The van der Waals surface area contributed by atoms with Crippen LogP contribution in [-0.2, 0) is 4.74 Å². The van der Waals surface area contributed by atoms with E-state index in [-0.39, 0.29) is 0 Å². The molecule has 1 fully saturated rings. The molecule has 1 saturated carbocycles. The van der Waals surface area contributed by atoms with Gasteiger partial charge in [-0.05, 0) is 44.6 Å². The molecule has 13 heavy (non-hydrogen) atoms. The minimum atomic E-state index is 0.807. The van der Waals surface area contributed by atoms with Crippen molar-refractivity contribution in [1.29, 1.82) is 0 Å². The minimum Gasteiger partial charge on any atom is -0.382 e. The Hall–Kier alpha value is -0.0800. The van der Waals surface area contributed by atoms with Gasteiger partial charge in [0.05, 0.1) is 0 Å². The van der Waals surface area contributed by atoms with E-state index in [1.54, 1.807) is 0 Å². The second-order valence-corrected chi connectivity index (χ2v) is 4.03. The number of nitrogens with two attached hydrogens (primary N) is 1. The Morgan fingerprint density at radius 2 is 2.08 bits per heavy atom. The largest absolute Gasteiger partial charge is 0.382 e. The van der Waals surface area contributed by atoms with Gasteiger partial charge in [0.1, 0.15) is 0 Å². The molecule has 0 amide bonds. The van der Waals surface area contributed by atoms with E-state index < -0.39 is 0 Å². The van der Waals surface area contributed by atoms with Gasteiger partial charge in [-0.15, -0.1) is 0 Å². The molecule has 0 aromatic carbocycles. The van der Waals surface area contributed by atoms with Gasteiger partial charge in [0.15, 0.2) is 0 Å². The first kappa shape index (κ1) is 11.0. The first-order chi connectivity index (χ1) is 6.38. The van der Waals surface area contributed by atoms with E-state index in [0.717, 1.165) is 31.6 Å². The maximum Gasteiger partial charge on any atom is 0.0465 e. The summed E-state index contributed by atoms with van der Waals surface area (Å²) in [6.07, 6.45) is 6.68. The van der Waals surface area contributed by atoms with Gasteiger partial charge in [0.25, 0.3) is 0 Å². The standard InChI is InChI=1S/C11H23NO/c1-2-13-8-4-7-10-5-3-6-11(10)9-12/h10-11H,2-9,12H2,1H3. The Morgan fingerprint density at radius 3 is 2.77 bits per heavy atom. The van der Waals surface area contributed by atoms with Crippen LogP contribution in [0.4, 0.5) is 0 Å². The molecule has 2 heteroatoms. The van der Waals surface area contributed by atoms with Crippen molar-refractivity contribution in [2.75, 3.05) is 19.8 Å². The molecule has 0 aromatic heterocycles. The molecule has 0 aromatic rings.